The van der Waals surface area contributed by atoms with E-state index < -0.39 is 0 Å². The third kappa shape index (κ3) is 2.88. The standard InChI is InChI=1S/C18H26N4O2/c1-13-9-20-17(21-10-13)19-7-5-15-6-8-24-18(15)11-22(12-18)16(23)14-3-2-4-14/h9-10,14-15H,2-8,11-12H2,1H3,(H,19,20,21). The van der Waals surface area contributed by atoms with E-state index in [1.807, 2.05) is 24.2 Å². The van der Waals surface area contributed by atoms with E-state index in [-0.39, 0.29) is 5.60 Å². The van der Waals surface area contributed by atoms with Crippen LogP contribution in [0.4, 0.5) is 5.95 Å². The van der Waals surface area contributed by atoms with Crippen molar-refractivity contribution < 1.29 is 9.53 Å². The fourth-order valence-electron chi connectivity index (χ4n) is 4.05. The zero-order chi connectivity index (χ0) is 16.6. The summed E-state index contributed by atoms with van der Waals surface area (Å²) in [4.78, 5) is 22.9. The number of aryl methyl sites for hydroxylation is 1. The Hall–Kier alpha value is -1.69. The summed E-state index contributed by atoms with van der Waals surface area (Å²) in [7, 11) is 0. The molecule has 1 spiro atoms. The predicted octanol–water partition coefficient (Wildman–Crippen LogP) is 2.00. The number of carbonyl (C=O) groups is 1. The minimum Gasteiger partial charge on any atom is -0.371 e. The van der Waals surface area contributed by atoms with Crippen LogP contribution >= 0.6 is 0 Å². The summed E-state index contributed by atoms with van der Waals surface area (Å²) in [5.41, 5.74) is 0.976. The van der Waals surface area contributed by atoms with Gasteiger partial charge >= 0.3 is 0 Å². The maximum absolute atomic E-state index is 12.3. The van der Waals surface area contributed by atoms with E-state index in [1.54, 1.807) is 0 Å². The van der Waals surface area contributed by atoms with Crippen LogP contribution < -0.4 is 5.32 Å². The second-order valence-corrected chi connectivity index (χ2v) is 7.52. The first kappa shape index (κ1) is 15.8. The van der Waals surface area contributed by atoms with Gasteiger partial charge in [-0.1, -0.05) is 6.42 Å². The van der Waals surface area contributed by atoms with Crippen molar-refractivity contribution in [3.8, 4) is 0 Å². The van der Waals surface area contributed by atoms with E-state index >= 15 is 0 Å². The molecule has 4 rings (SSSR count). The summed E-state index contributed by atoms with van der Waals surface area (Å²) < 4.78 is 6.07. The zero-order valence-corrected chi connectivity index (χ0v) is 14.3. The van der Waals surface area contributed by atoms with E-state index in [0.717, 1.165) is 57.5 Å². The number of ether oxygens (including phenoxy) is 1. The fourth-order valence-corrected chi connectivity index (χ4v) is 4.05. The van der Waals surface area contributed by atoms with E-state index in [0.29, 0.717) is 23.7 Å². The number of anilines is 1. The highest BCUT2D eigenvalue weighted by Gasteiger charge is 2.54. The van der Waals surface area contributed by atoms with Crippen molar-refractivity contribution >= 4 is 11.9 Å². The highest BCUT2D eigenvalue weighted by molar-refractivity contribution is 5.80. The molecule has 6 nitrogen and oxygen atoms in total. The molecule has 1 atom stereocenters. The number of hydrogen-bond acceptors (Lipinski definition) is 5. The average molecular weight is 330 g/mol. The maximum Gasteiger partial charge on any atom is 0.225 e. The van der Waals surface area contributed by atoms with Gasteiger partial charge in [0, 0.05) is 31.5 Å². The SMILES string of the molecule is Cc1cnc(NCCC2CCOC23CN(C(=O)C2CCC2)C3)nc1. The van der Waals surface area contributed by atoms with Gasteiger partial charge in [-0.25, -0.2) is 9.97 Å². The molecule has 1 aromatic rings. The number of nitrogens with one attached hydrogen (secondary N) is 1. The van der Waals surface area contributed by atoms with E-state index in [9.17, 15) is 4.79 Å². The molecule has 1 aromatic heterocycles. The molecule has 130 valence electrons. The van der Waals surface area contributed by atoms with Gasteiger partial charge in [-0.05, 0) is 44.1 Å². The van der Waals surface area contributed by atoms with Gasteiger partial charge in [0.05, 0.1) is 13.1 Å². The van der Waals surface area contributed by atoms with Crippen LogP contribution in [0.25, 0.3) is 0 Å². The minimum atomic E-state index is -0.0881. The van der Waals surface area contributed by atoms with Crippen LogP contribution in [0, 0.1) is 18.8 Å². The number of carbonyl (C=O) groups excluding carboxylic acids is 1. The predicted molar refractivity (Wildman–Crippen MR) is 90.6 cm³/mol. The van der Waals surface area contributed by atoms with Crippen molar-refractivity contribution in [1.29, 1.82) is 0 Å². The third-order valence-corrected chi connectivity index (χ3v) is 5.84. The third-order valence-electron chi connectivity index (χ3n) is 5.84. The minimum absolute atomic E-state index is 0.0881. The summed E-state index contributed by atoms with van der Waals surface area (Å²) >= 11 is 0. The van der Waals surface area contributed by atoms with Crippen LogP contribution in [0.15, 0.2) is 12.4 Å². The van der Waals surface area contributed by atoms with Gasteiger partial charge in [-0.2, -0.15) is 0 Å². The summed E-state index contributed by atoms with van der Waals surface area (Å²) in [6.07, 6.45) is 9.13. The smallest absolute Gasteiger partial charge is 0.225 e. The van der Waals surface area contributed by atoms with Crippen molar-refractivity contribution in [3.63, 3.8) is 0 Å². The van der Waals surface area contributed by atoms with Gasteiger partial charge in [0.15, 0.2) is 0 Å². The normalized spacial score (nSPS) is 25.4. The quantitative estimate of drug-likeness (QED) is 0.894. The lowest BCUT2D eigenvalue weighted by molar-refractivity contribution is -0.171. The van der Waals surface area contributed by atoms with E-state index in [2.05, 4.69) is 15.3 Å². The lowest BCUT2D eigenvalue weighted by atomic mass is 9.76. The number of hydrogen-bond donors (Lipinski definition) is 1. The van der Waals surface area contributed by atoms with Gasteiger partial charge < -0.3 is 15.0 Å². The molecule has 6 heteroatoms. The van der Waals surface area contributed by atoms with Crippen LogP contribution in [-0.4, -0.2) is 52.6 Å². The molecule has 1 N–H and O–H groups in total. The largest absolute Gasteiger partial charge is 0.371 e. The Labute approximate surface area is 143 Å². The van der Waals surface area contributed by atoms with Gasteiger partial charge in [0.2, 0.25) is 11.9 Å². The Bertz CT molecular complexity index is 594. The first-order valence-corrected chi connectivity index (χ1v) is 9.11. The number of nitrogens with zero attached hydrogens (tertiary/aromatic N) is 3. The summed E-state index contributed by atoms with van der Waals surface area (Å²) in [6.45, 7) is 5.21. The monoisotopic (exact) mass is 330 g/mol. The number of aromatic nitrogens is 2. The van der Waals surface area contributed by atoms with E-state index in [1.165, 1.54) is 6.42 Å². The molecule has 3 fully saturated rings. The molecule has 2 saturated heterocycles. The Kier molecular flexibility index (Phi) is 4.16. The highest BCUT2D eigenvalue weighted by atomic mass is 16.5. The van der Waals surface area contributed by atoms with Crippen molar-refractivity contribution in [2.24, 2.45) is 11.8 Å². The van der Waals surface area contributed by atoms with Crippen molar-refractivity contribution in [2.45, 2.75) is 44.6 Å². The molecule has 3 heterocycles. The summed E-state index contributed by atoms with van der Waals surface area (Å²) in [6, 6.07) is 0. The Balaban J connectivity index is 1.26. The maximum atomic E-state index is 12.3. The number of rotatable bonds is 5. The average Bonchev–Trinajstić information content (AvgIpc) is 2.90. The molecule has 3 aliphatic rings. The topological polar surface area (TPSA) is 67.4 Å². The van der Waals surface area contributed by atoms with Crippen LogP contribution in [0.1, 0.15) is 37.7 Å². The molecule has 1 unspecified atom stereocenters. The summed E-state index contributed by atoms with van der Waals surface area (Å²) in [5, 5.41) is 3.30. The van der Waals surface area contributed by atoms with Crippen molar-refractivity contribution in [3.05, 3.63) is 18.0 Å². The molecule has 24 heavy (non-hydrogen) atoms. The fraction of sp³-hybridized carbons (Fsp3) is 0.722. The number of amides is 1. The second kappa shape index (κ2) is 6.31. The lowest BCUT2D eigenvalue weighted by Gasteiger charge is -2.51. The highest BCUT2D eigenvalue weighted by Crippen LogP contribution is 2.43. The van der Waals surface area contributed by atoms with Gasteiger partial charge in [-0.15, -0.1) is 0 Å². The summed E-state index contributed by atoms with van der Waals surface area (Å²) in [5.74, 6) is 1.85. The molecule has 0 radical (unpaired) electrons. The molecular formula is C18H26N4O2. The molecular weight excluding hydrogens is 304 g/mol. The molecule has 0 aromatic carbocycles. The van der Waals surface area contributed by atoms with Gasteiger partial charge in [0.25, 0.3) is 0 Å². The zero-order valence-electron chi connectivity index (χ0n) is 14.3. The first-order chi connectivity index (χ1) is 11.7. The number of likely N-dealkylation sites (tertiary alicyclic amines) is 1. The van der Waals surface area contributed by atoms with Crippen LogP contribution in [0.5, 0.6) is 0 Å². The first-order valence-electron chi connectivity index (χ1n) is 9.11. The molecule has 2 aliphatic heterocycles. The van der Waals surface area contributed by atoms with Crippen LogP contribution in [-0.2, 0) is 9.53 Å². The Morgan fingerprint density at radius 2 is 2.08 bits per heavy atom. The molecule has 1 saturated carbocycles. The Morgan fingerprint density at radius 3 is 2.75 bits per heavy atom. The van der Waals surface area contributed by atoms with E-state index in [4.69, 9.17) is 4.74 Å². The lowest BCUT2D eigenvalue weighted by Crippen LogP contribution is -2.67. The van der Waals surface area contributed by atoms with Crippen molar-refractivity contribution in [1.82, 2.24) is 14.9 Å². The van der Waals surface area contributed by atoms with Gasteiger partial charge in [-0.3, -0.25) is 4.79 Å². The van der Waals surface area contributed by atoms with Crippen LogP contribution in [0.2, 0.25) is 0 Å². The van der Waals surface area contributed by atoms with Gasteiger partial charge in [0.1, 0.15) is 5.60 Å². The van der Waals surface area contributed by atoms with Crippen LogP contribution in [0.3, 0.4) is 0 Å². The molecule has 0 bridgehead atoms. The Morgan fingerprint density at radius 1 is 1.33 bits per heavy atom. The van der Waals surface area contributed by atoms with Crippen molar-refractivity contribution in [2.75, 3.05) is 31.6 Å². The molecule has 1 amide bonds. The second-order valence-electron chi connectivity index (χ2n) is 7.52. The molecule has 1 aliphatic carbocycles.